The maximum Gasteiger partial charge on any atom is 0.129 e. The minimum absolute atomic E-state index is 0.808. The molecule has 0 aromatic carbocycles. The van der Waals surface area contributed by atoms with Crippen LogP contribution < -0.4 is 5.32 Å². The summed E-state index contributed by atoms with van der Waals surface area (Å²) < 4.78 is 0. The quantitative estimate of drug-likeness (QED) is 0.770. The standard InChI is InChI=1S/C11H20N4/c1-4-15(5-2)9-8-13-11-6-7-12-10(3)14-11/h6-7H,4-5,8-9H2,1-3H3,(H,12,13,14). The molecule has 15 heavy (non-hydrogen) atoms. The van der Waals surface area contributed by atoms with Crippen molar-refractivity contribution in [3.63, 3.8) is 0 Å². The van der Waals surface area contributed by atoms with Gasteiger partial charge in [0, 0.05) is 19.3 Å². The topological polar surface area (TPSA) is 41.0 Å². The van der Waals surface area contributed by atoms with Crippen LogP contribution >= 0.6 is 0 Å². The van der Waals surface area contributed by atoms with Crippen LogP contribution in [0.1, 0.15) is 19.7 Å². The Bertz CT molecular complexity index is 284. The van der Waals surface area contributed by atoms with Crippen molar-refractivity contribution >= 4 is 5.82 Å². The molecule has 0 radical (unpaired) electrons. The Morgan fingerprint density at radius 1 is 1.33 bits per heavy atom. The van der Waals surface area contributed by atoms with Crippen molar-refractivity contribution in [3.05, 3.63) is 18.1 Å². The Balaban J connectivity index is 2.31. The Labute approximate surface area is 91.7 Å². The molecule has 0 unspecified atom stereocenters. The number of hydrogen-bond donors (Lipinski definition) is 1. The molecular formula is C11H20N4. The first-order valence-corrected chi connectivity index (χ1v) is 5.52. The van der Waals surface area contributed by atoms with E-state index in [1.807, 2.05) is 13.0 Å². The van der Waals surface area contributed by atoms with Crippen LogP contribution in [0.3, 0.4) is 0 Å². The third kappa shape index (κ3) is 4.25. The summed E-state index contributed by atoms with van der Waals surface area (Å²) in [6, 6.07) is 1.90. The van der Waals surface area contributed by atoms with E-state index in [1.165, 1.54) is 0 Å². The van der Waals surface area contributed by atoms with E-state index in [4.69, 9.17) is 0 Å². The van der Waals surface area contributed by atoms with Gasteiger partial charge in [0.05, 0.1) is 0 Å². The maximum absolute atomic E-state index is 4.28. The molecule has 0 aliphatic heterocycles. The first-order valence-electron chi connectivity index (χ1n) is 5.52. The summed E-state index contributed by atoms with van der Waals surface area (Å²) in [5, 5.41) is 3.29. The molecule has 0 aliphatic rings. The molecule has 0 saturated heterocycles. The lowest BCUT2D eigenvalue weighted by atomic mass is 10.4. The van der Waals surface area contributed by atoms with Gasteiger partial charge in [0.15, 0.2) is 0 Å². The van der Waals surface area contributed by atoms with Gasteiger partial charge in [-0.15, -0.1) is 0 Å². The van der Waals surface area contributed by atoms with Crippen LogP contribution in [0.5, 0.6) is 0 Å². The first kappa shape index (κ1) is 11.9. The normalized spacial score (nSPS) is 10.7. The molecule has 1 aromatic rings. The highest BCUT2D eigenvalue weighted by Gasteiger charge is 1.98. The highest BCUT2D eigenvalue weighted by atomic mass is 15.1. The number of hydrogen-bond acceptors (Lipinski definition) is 4. The maximum atomic E-state index is 4.28. The number of anilines is 1. The Hall–Kier alpha value is -1.16. The third-order valence-corrected chi connectivity index (χ3v) is 2.40. The minimum Gasteiger partial charge on any atom is -0.369 e. The second kappa shape index (κ2) is 6.35. The monoisotopic (exact) mass is 208 g/mol. The van der Waals surface area contributed by atoms with Crippen LogP contribution in [-0.4, -0.2) is 41.0 Å². The van der Waals surface area contributed by atoms with Gasteiger partial charge in [-0.2, -0.15) is 0 Å². The smallest absolute Gasteiger partial charge is 0.129 e. The molecule has 0 atom stereocenters. The predicted molar refractivity (Wildman–Crippen MR) is 63.0 cm³/mol. The van der Waals surface area contributed by atoms with Crippen molar-refractivity contribution < 1.29 is 0 Å². The van der Waals surface area contributed by atoms with Crippen LogP contribution in [0.4, 0.5) is 5.82 Å². The average Bonchev–Trinajstić information content (AvgIpc) is 2.25. The summed E-state index contributed by atoms with van der Waals surface area (Å²) in [6.07, 6.45) is 1.78. The second-order valence-electron chi connectivity index (χ2n) is 3.44. The van der Waals surface area contributed by atoms with Crippen molar-refractivity contribution in [1.82, 2.24) is 14.9 Å². The van der Waals surface area contributed by atoms with Gasteiger partial charge in [-0.25, -0.2) is 9.97 Å². The number of likely N-dealkylation sites (N-methyl/N-ethyl adjacent to an activating group) is 1. The van der Waals surface area contributed by atoms with Crippen LogP contribution in [0.25, 0.3) is 0 Å². The summed E-state index contributed by atoms with van der Waals surface area (Å²) in [6.45, 7) is 10.4. The molecule has 4 nitrogen and oxygen atoms in total. The van der Waals surface area contributed by atoms with Gasteiger partial charge in [0.2, 0.25) is 0 Å². The molecule has 0 fully saturated rings. The van der Waals surface area contributed by atoms with Gasteiger partial charge in [0.25, 0.3) is 0 Å². The lowest BCUT2D eigenvalue weighted by molar-refractivity contribution is 0.316. The van der Waals surface area contributed by atoms with Crippen molar-refractivity contribution in [1.29, 1.82) is 0 Å². The van der Waals surface area contributed by atoms with Crippen LogP contribution in [0.2, 0.25) is 0 Å². The van der Waals surface area contributed by atoms with Crippen LogP contribution in [0.15, 0.2) is 12.3 Å². The van der Waals surface area contributed by atoms with E-state index in [0.717, 1.165) is 37.8 Å². The van der Waals surface area contributed by atoms with Gasteiger partial charge in [-0.3, -0.25) is 0 Å². The molecule has 0 amide bonds. The molecule has 0 bridgehead atoms. The summed E-state index contributed by atoms with van der Waals surface area (Å²) in [5.41, 5.74) is 0. The number of aryl methyl sites for hydroxylation is 1. The van der Waals surface area contributed by atoms with Gasteiger partial charge in [0.1, 0.15) is 11.6 Å². The Kier molecular flexibility index (Phi) is 5.04. The van der Waals surface area contributed by atoms with Crippen molar-refractivity contribution in [2.75, 3.05) is 31.5 Å². The summed E-state index contributed by atoms with van der Waals surface area (Å²) in [4.78, 5) is 10.7. The van der Waals surface area contributed by atoms with Crippen LogP contribution in [0, 0.1) is 6.92 Å². The molecule has 1 heterocycles. The molecule has 84 valence electrons. The number of aromatic nitrogens is 2. The molecule has 1 rings (SSSR count). The van der Waals surface area contributed by atoms with Gasteiger partial charge in [-0.05, 0) is 26.1 Å². The molecule has 0 spiro atoms. The first-order chi connectivity index (χ1) is 7.26. The van der Waals surface area contributed by atoms with Crippen molar-refractivity contribution in [3.8, 4) is 0 Å². The fraction of sp³-hybridized carbons (Fsp3) is 0.636. The van der Waals surface area contributed by atoms with E-state index in [1.54, 1.807) is 6.20 Å². The zero-order valence-corrected chi connectivity index (χ0v) is 9.82. The van der Waals surface area contributed by atoms with E-state index < -0.39 is 0 Å². The molecular weight excluding hydrogens is 188 g/mol. The van der Waals surface area contributed by atoms with Crippen molar-refractivity contribution in [2.45, 2.75) is 20.8 Å². The third-order valence-electron chi connectivity index (χ3n) is 2.40. The largest absolute Gasteiger partial charge is 0.369 e. The van der Waals surface area contributed by atoms with Crippen molar-refractivity contribution in [2.24, 2.45) is 0 Å². The van der Waals surface area contributed by atoms with Gasteiger partial charge in [-0.1, -0.05) is 13.8 Å². The van der Waals surface area contributed by atoms with E-state index >= 15 is 0 Å². The lowest BCUT2D eigenvalue weighted by Gasteiger charge is -2.18. The zero-order valence-electron chi connectivity index (χ0n) is 9.82. The molecule has 0 aliphatic carbocycles. The number of nitrogens with one attached hydrogen (secondary N) is 1. The molecule has 1 aromatic heterocycles. The highest BCUT2D eigenvalue weighted by Crippen LogP contribution is 2.00. The predicted octanol–water partition coefficient (Wildman–Crippen LogP) is 1.54. The summed E-state index contributed by atoms with van der Waals surface area (Å²) in [7, 11) is 0. The Morgan fingerprint density at radius 3 is 2.67 bits per heavy atom. The van der Waals surface area contributed by atoms with E-state index in [9.17, 15) is 0 Å². The number of rotatable bonds is 6. The SMILES string of the molecule is CCN(CC)CCNc1ccnc(C)n1. The van der Waals surface area contributed by atoms with E-state index in [2.05, 4.69) is 34.0 Å². The molecule has 4 heteroatoms. The number of nitrogens with zero attached hydrogens (tertiary/aromatic N) is 3. The fourth-order valence-electron chi connectivity index (χ4n) is 1.44. The highest BCUT2D eigenvalue weighted by molar-refractivity contribution is 5.32. The molecule has 1 N–H and O–H groups in total. The average molecular weight is 208 g/mol. The summed E-state index contributed by atoms with van der Waals surface area (Å²) >= 11 is 0. The Morgan fingerprint density at radius 2 is 2.07 bits per heavy atom. The minimum atomic E-state index is 0.808. The lowest BCUT2D eigenvalue weighted by Crippen LogP contribution is -2.28. The zero-order chi connectivity index (χ0) is 11.1. The van der Waals surface area contributed by atoms with Gasteiger partial charge < -0.3 is 10.2 Å². The molecule has 0 saturated carbocycles. The van der Waals surface area contributed by atoms with E-state index in [-0.39, 0.29) is 0 Å². The van der Waals surface area contributed by atoms with Gasteiger partial charge >= 0.3 is 0 Å². The van der Waals surface area contributed by atoms with E-state index in [0.29, 0.717) is 0 Å². The fourth-order valence-corrected chi connectivity index (χ4v) is 1.44. The van der Waals surface area contributed by atoms with Crippen LogP contribution in [-0.2, 0) is 0 Å². The second-order valence-corrected chi connectivity index (χ2v) is 3.44. The summed E-state index contributed by atoms with van der Waals surface area (Å²) in [5.74, 6) is 1.72.